The van der Waals surface area contributed by atoms with E-state index in [4.69, 9.17) is 14.9 Å². The highest BCUT2D eigenvalue weighted by Crippen LogP contribution is 2.30. The lowest BCUT2D eigenvalue weighted by molar-refractivity contribution is -0.384. The summed E-state index contributed by atoms with van der Waals surface area (Å²) in [6.07, 6.45) is 3.32. The van der Waals surface area contributed by atoms with E-state index >= 15 is 0 Å². The number of rotatable bonds is 9. The van der Waals surface area contributed by atoms with Crippen molar-refractivity contribution in [1.29, 1.82) is 5.41 Å². The summed E-state index contributed by atoms with van der Waals surface area (Å²) in [5, 5.41) is 26.2. The number of nitro groups is 1. The maximum atomic E-state index is 12.5. The van der Waals surface area contributed by atoms with Crippen molar-refractivity contribution in [3.8, 4) is 11.5 Å². The van der Waals surface area contributed by atoms with E-state index in [2.05, 4.69) is 10.1 Å². The number of carbonyl (C=O) groups excluding carboxylic acids is 1. The second kappa shape index (κ2) is 10.3. The minimum absolute atomic E-state index is 0.00394. The number of ether oxygens (including phenoxy) is 2. The summed E-state index contributed by atoms with van der Waals surface area (Å²) in [5.41, 5.74) is 0.908. The van der Waals surface area contributed by atoms with Crippen LogP contribution < -0.4 is 9.47 Å². The molecule has 0 aliphatic carbocycles. The van der Waals surface area contributed by atoms with E-state index in [0.717, 1.165) is 23.4 Å². The molecular formula is C23H21N5O5S. The van der Waals surface area contributed by atoms with E-state index < -0.39 is 10.8 Å². The van der Waals surface area contributed by atoms with Crippen LogP contribution in [-0.4, -0.2) is 45.1 Å². The molecule has 11 heteroatoms. The summed E-state index contributed by atoms with van der Waals surface area (Å²) < 4.78 is 11.2. The minimum atomic E-state index is -0.466. The van der Waals surface area contributed by atoms with Gasteiger partial charge in [-0.1, -0.05) is 19.1 Å². The van der Waals surface area contributed by atoms with Crippen molar-refractivity contribution in [2.24, 2.45) is 10.1 Å². The lowest BCUT2D eigenvalue weighted by Crippen LogP contribution is -2.35. The van der Waals surface area contributed by atoms with Gasteiger partial charge < -0.3 is 9.47 Å². The third kappa shape index (κ3) is 5.31. The van der Waals surface area contributed by atoms with Crippen molar-refractivity contribution < 1.29 is 19.2 Å². The Balaban J connectivity index is 1.32. The van der Waals surface area contributed by atoms with Crippen LogP contribution in [0.1, 0.15) is 25.3 Å². The number of fused-ring (bicyclic) bond motifs is 1. The Morgan fingerprint density at radius 1 is 1.09 bits per heavy atom. The summed E-state index contributed by atoms with van der Waals surface area (Å²) in [5.74, 6) is 0.687. The Kier molecular flexibility index (Phi) is 7.02. The van der Waals surface area contributed by atoms with Gasteiger partial charge in [-0.15, -0.1) is 0 Å². The quantitative estimate of drug-likeness (QED) is 0.243. The van der Waals surface area contributed by atoms with Crippen molar-refractivity contribution >= 4 is 45.5 Å². The number of non-ortho nitro benzene ring substituents is 1. The van der Waals surface area contributed by atoms with Crippen LogP contribution in [-0.2, 0) is 4.79 Å². The summed E-state index contributed by atoms with van der Waals surface area (Å²) in [4.78, 5) is 26.8. The molecule has 2 heterocycles. The molecule has 1 amide bonds. The van der Waals surface area contributed by atoms with Gasteiger partial charge in [0.1, 0.15) is 29.8 Å². The molecule has 2 aliphatic heterocycles. The number of hydrazone groups is 1. The minimum Gasteiger partial charge on any atom is -0.490 e. The molecule has 0 bridgehead atoms. The van der Waals surface area contributed by atoms with E-state index in [-0.39, 0.29) is 30.3 Å². The number of hydrogen-bond donors (Lipinski definition) is 1. The van der Waals surface area contributed by atoms with E-state index in [1.807, 2.05) is 6.92 Å². The van der Waals surface area contributed by atoms with Crippen molar-refractivity contribution in [1.82, 2.24) is 5.01 Å². The number of aliphatic imine (C=N–C) groups is 1. The average molecular weight is 480 g/mol. The van der Waals surface area contributed by atoms with Crippen LogP contribution in [0.5, 0.6) is 11.5 Å². The fourth-order valence-corrected chi connectivity index (χ4v) is 4.14. The molecule has 2 aromatic carbocycles. The number of nitrogens with one attached hydrogen (secondary N) is 1. The summed E-state index contributed by atoms with van der Waals surface area (Å²) in [7, 11) is 0. The number of thioether (sulfide) groups is 1. The number of amidine groups is 2. The first-order valence-electron chi connectivity index (χ1n) is 10.5. The van der Waals surface area contributed by atoms with Crippen molar-refractivity contribution in [2.45, 2.75) is 19.8 Å². The van der Waals surface area contributed by atoms with E-state index in [1.165, 1.54) is 41.0 Å². The molecule has 0 aromatic heterocycles. The second-order valence-corrected chi connectivity index (χ2v) is 8.32. The zero-order valence-corrected chi connectivity index (χ0v) is 19.1. The Bertz CT molecular complexity index is 1210. The van der Waals surface area contributed by atoms with Crippen LogP contribution in [0.2, 0.25) is 0 Å². The zero-order chi connectivity index (χ0) is 24.1. The van der Waals surface area contributed by atoms with Crippen molar-refractivity contribution in [3.63, 3.8) is 0 Å². The Morgan fingerprint density at radius 2 is 1.71 bits per heavy atom. The number of hydrogen-bond acceptors (Lipinski definition) is 8. The average Bonchev–Trinajstić information content (AvgIpc) is 3.23. The molecule has 0 unspecified atom stereocenters. The maximum absolute atomic E-state index is 12.5. The first-order chi connectivity index (χ1) is 16.4. The maximum Gasteiger partial charge on any atom is 0.283 e. The van der Waals surface area contributed by atoms with Crippen LogP contribution in [0.25, 0.3) is 6.08 Å². The second-order valence-electron chi connectivity index (χ2n) is 7.28. The normalized spacial score (nSPS) is 16.3. The van der Waals surface area contributed by atoms with Crippen LogP contribution in [0.15, 0.2) is 64.2 Å². The Labute approximate surface area is 199 Å². The highest BCUT2D eigenvalue weighted by atomic mass is 32.2. The van der Waals surface area contributed by atoms with Gasteiger partial charge in [0.25, 0.3) is 11.6 Å². The number of nitrogens with zero attached hydrogens (tertiary/aromatic N) is 4. The number of benzene rings is 2. The van der Waals surface area contributed by atoms with E-state index in [1.54, 1.807) is 30.3 Å². The predicted octanol–water partition coefficient (Wildman–Crippen LogP) is 4.47. The highest BCUT2D eigenvalue weighted by molar-refractivity contribution is 8.26. The lowest BCUT2D eigenvalue weighted by Gasteiger charge is -2.20. The van der Waals surface area contributed by atoms with E-state index in [9.17, 15) is 14.9 Å². The molecule has 2 aliphatic rings. The molecule has 174 valence electrons. The third-order valence-electron chi connectivity index (χ3n) is 4.82. The van der Waals surface area contributed by atoms with Crippen LogP contribution in [0.3, 0.4) is 0 Å². The molecule has 0 atom stereocenters. The van der Waals surface area contributed by atoms with Crippen molar-refractivity contribution in [3.05, 3.63) is 69.8 Å². The van der Waals surface area contributed by atoms with E-state index in [0.29, 0.717) is 16.7 Å². The molecule has 0 fully saturated rings. The standard InChI is InChI=1S/C23H21N5O5S/c1-2-3-20-26-27-21(24)19(22(29)25-23(27)34-20)14-15-4-8-17(9-5-15)32-12-13-33-18-10-6-16(7-11-18)28(30)31/h4-11,14,24H,2-3,12-13H2,1H3/b19-14-,24-21?. The molecule has 0 radical (unpaired) electrons. The Hall–Kier alpha value is -3.99. The number of carbonyl (C=O) groups is 1. The van der Waals surface area contributed by atoms with Crippen LogP contribution in [0.4, 0.5) is 5.69 Å². The number of nitro benzene ring substituents is 1. The zero-order valence-electron chi connectivity index (χ0n) is 18.3. The van der Waals surface area contributed by atoms with Gasteiger partial charge in [-0.3, -0.25) is 20.3 Å². The molecule has 0 saturated carbocycles. The van der Waals surface area contributed by atoms with Gasteiger partial charge in [-0.25, -0.2) is 0 Å². The van der Waals surface area contributed by atoms with Gasteiger partial charge in [0, 0.05) is 12.1 Å². The van der Waals surface area contributed by atoms with Gasteiger partial charge in [-0.05, 0) is 60.5 Å². The van der Waals surface area contributed by atoms with Gasteiger partial charge in [0.2, 0.25) is 5.17 Å². The van der Waals surface area contributed by atoms with Crippen LogP contribution >= 0.6 is 11.8 Å². The predicted molar refractivity (Wildman–Crippen MR) is 130 cm³/mol. The van der Waals surface area contributed by atoms with Gasteiger partial charge in [0.15, 0.2) is 5.84 Å². The first-order valence-corrected chi connectivity index (χ1v) is 11.4. The summed E-state index contributed by atoms with van der Waals surface area (Å²) in [6, 6.07) is 12.9. The fourth-order valence-electron chi connectivity index (χ4n) is 3.16. The topological polar surface area (TPSA) is 130 Å². The van der Waals surface area contributed by atoms with Gasteiger partial charge in [-0.2, -0.15) is 15.1 Å². The summed E-state index contributed by atoms with van der Waals surface area (Å²) in [6.45, 7) is 2.59. The molecule has 2 aromatic rings. The van der Waals surface area contributed by atoms with Crippen molar-refractivity contribution in [2.75, 3.05) is 13.2 Å². The molecule has 10 nitrogen and oxygen atoms in total. The molecule has 34 heavy (non-hydrogen) atoms. The monoisotopic (exact) mass is 479 g/mol. The molecular weight excluding hydrogens is 458 g/mol. The largest absolute Gasteiger partial charge is 0.490 e. The van der Waals surface area contributed by atoms with Gasteiger partial charge >= 0.3 is 0 Å². The third-order valence-corrected chi connectivity index (χ3v) is 5.79. The number of amides is 1. The lowest BCUT2D eigenvalue weighted by atomic mass is 10.1. The SMILES string of the molecule is CCCC1=NN2C(=N)/C(=C/c3ccc(OCCOc4ccc([N+](=O)[O-])cc4)cc3)C(=O)N=C2S1. The summed E-state index contributed by atoms with van der Waals surface area (Å²) >= 11 is 1.33. The molecule has 0 spiro atoms. The molecule has 0 saturated heterocycles. The fraction of sp³-hybridized carbons (Fsp3) is 0.217. The Morgan fingerprint density at radius 3 is 2.29 bits per heavy atom. The van der Waals surface area contributed by atoms with Gasteiger partial charge in [0.05, 0.1) is 10.5 Å². The smallest absolute Gasteiger partial charge is 0.283 e. The highest BCUT2D eigenvalue weighted by Gasteiger charge is 2.35. The van der Waals surface area contributed by atoms with Crippen LogP contribution in [0, 0.1) is 15.5 Å². The molecule has 1 N–H and O–H groups in total. The first kappa shape index (κ1) is 23.2. The molecule has 4 rings (SSSR count).